The standard InChI is InChI=1S/C52H68N6O6/c1-4-6-8-10-11-12-19-25-46(59)57-52(3,51(63)53-28-20-9-7-5-2)32-47-54-44-29-37(26-27-45(44)64-47)50(62)58-33-40(48(60)55-42-30-38(42)35-21-15-13-16-22-35)41(34-58)49(61)56-43-31-39(43)36-23-17-14-18-24-36/h13-18,21-24,26-27,29,38-43H,4-12,19-20,25,28,30-34H2,1-3H3,(H,53,63)(H,55,60)(H,56,61)(H,57,59)/t38-,39-,40-,41-,42+,43+,52-/m1/s1. The second kappa shape index (κ2) is 21.9. The number of benzene rings is 3. The van der Waals surface area contributed by atoms with Crippen LogP contribution in [0.5, 0.6) is 0 Å². The minimum absolute atomic E-state index is 0.0184. The number of carbonyl (C=O) groups excluding carboxylic acids is 5. The van der Waals surface area contributed by atoms with Crippen molar-refractivity contribution in [3.05, 3.63) is 101 Å². The molecule has 0 radical (unpaired) electrons. The van der Waals surface area contributed by atoms with Gasteiger partial charge in [-0.05, 0) is 61.9 Å². The number of hydrogen-bond acceptors (Lipinski definition) is 7. The van der Waals surface area contributed by atoms with Crippen LogP contribution in [0.15, 0.2) is 83.3 Å². The molecule has 0 bridgehead atoms. The van der Waals surface area contributed by atoms with E-state index < -0.39 is 17.4 Å². The van der Waals surface area contributed by atoms with Crippen LogP contribution in [0.25, 0.3) is 11.1 Å². The number of fused-ring (bicyclic) bond motifs is 1. The molecule has 3 fully saturated rings. The summed E-state index contributed by atoms with van der Waals surface area (Å²) in [5.74, 6) is -1.94. The Morgan fingerprint density at radius 1 is 0.703 bits per heavy atom. The smallest absolute Gasteiger partial charge is 0.253 e. The summed E-state index contributed by atoms with van der Waals surface area (Å²) in [5.41, 5.74) is 2.25. The Balaban J connectivity index is 1.02. The van der Waals surface area contributed by atoms with E-state index in [1.54, 1.807) is 30.0 Å². The van der Waals surface area contributed by atoms with Crippen molar-refractivity contribution < 1.29 is 28.4 Å². The van der Waals surface area contributed by atoms with E-state index in [4.69, 9.17) is 9.40 Å². The fourth-order valence-electron chi connectivity index (χ4n) is 9.34. The van der Waals surface area contributed by atoms with E-state index in [1.807, 2.05) is 36.4 Å². The molecule has 3 aromatic carbocycles. The number of carbonyl (C=O) groups is 5. The van der Waals surface area contributed by atoms with Crippen molar-refractivity contribution in [2.45, 2.75) is 147 Å². The normalized spacial score (nSPS) is 22.1. The molecule has 1 aliphatic heterocycles. The Labute approximate surface area is 378 Å². The van der Waals surface area contributed by atoms with Crippen molar-refractivity contribution in [1.82, 2.24) is 31.2 Å². The molecule has 2 saturated carbocycles. The van der Waals surface area contributed by atoms with Gasteiger partial charge in [0.05, 0.1) is 18.3 Å². The van der Waals surface area contributed by atoms with E-state index in [2.05, 4.69) is 59.4 Å². The van der Waals surface area contributed by atoms with E-state index in [9.17, 15) is 24.0 Å². The summed E-state index contributed by atoms with van der Waals surface area (Å²) < 4.78 is 6.15. The Morgan fingerprint density at radius 2 is 1.25 bits per heavy atom. The summed E-state index contributed by atoms with van der Waals surface area (Å²) >= 11 is 0. The first-order valence-electron chi connectivity index (χ1n) is 24.1. The second-order valence-electron chi connectivity index (χ2n) is 18.7. The minimum atomic E-state index is -1.31. The molecule has 0 spiro atoms. The molecule has 7 rings (SSSR count). The third-order valence-electron chi connectivity index (χ3n) is 13.4. The molecular weight excluding hydrogens is 805 g/mol. The number of likely N-dealkylation sites (tertiary alicyclic amines) is 1. The molecule has 0 unspecified atom stereocenters. The van der Waals surface area contributed by atoms with Crippen LogP contribution in [-0.2, 0) is 25.6 Å². The zero-order valence-corrected chi connectivity index (χ0v) is 38.0. The largest absolute Gasteiger partial charge is 0.441 e. The van der Waals surface area contributed by atoms with Crippen LogP contribution in [0.4, 0.5) is 0 Å². The molecule has 4 N–H and O–H groups in total. The predicted octanol–water partition coefficient (Wildman–Crippen LogP) is 8.12. The lowest BCUT2D eigenvalue weighted by molar-refractivity contribution is -0.133. The lowest BCUT2D eigenvalue weighted by Gasteiger charge is -2.28. The first kappa shape index (κ1) is 46.5. The van der Waals surface area contributed by atoms with Gasteiger partial charge in [0.2, 0.25) is 23.6 Å². The Kier molecular flexibility index (Phi) is 15.9. The van der Waals surface area contributed by atoms with Crippen molar-refractivity contribution in [1.29, 1.82) is 0 Å². The third-order valence-corrected chi connectivity index (χ3v) is 13.4. The van der Waals surface area contributed by atoms with Gasteiger partial charge in [-0.2, -0.15) is 0 Å². The van der Waals surface area contributed by atoms with Crippen LogP contribution >= 0.6 is 0 Å². The first-order chi connectivity index (χ1) is 31.1. The van der Waals surface area contributed by atoms with Crippen LogP contribution in [0.2, 0.25) is 0 Å². The highest BCUT2D eigenvalue weighted by atomic mass is 16.3. The summed E-state index contributed by atoms with van der Waals surface area (Å²) in [6, 6.07) is 25.2. The monoisotopic (exact) mass is 873 g/mol. The minimum Gasteiger partial charge on any atom is -0.441 e. The predicted molar refractivity (Wildman–Crippen MR) is 248 cm³/mol. The lowest BCUT2D eigenvalue weighted by Crippen LogP contribution is -2.58. The average Bonchev–Trinajstić information content (AvgIpc) is 4.15. The van der Waals surface area contributed by atoms with Gasteiger partial charge in [-0.1, -0.05) is 132 Å². The van der Waals surface area contributed by atoms with Crippen LogP contribution in [0, 0.1) is 11.8 Å². The molecular formula is C52H68N6O6. The quantitative estimate of drug-likeness (QED) is 0.0517. The Bertz CT molecular complexity index is 2140. The number of nitrogens with one attached hydrogen (secondary N) is 4. The maximum Gasteiger partial charge on any atom is 0.253 e. The second-order valence-corrected chi connectivity index (χ2v) is 18.7. The molecule has 7 atom stereocenters. The lowest BCUT2D eigenvalue weighted by atomic mass is 9.94. The van der Waals surface area contributed by atoms with Crippen LogP contribution in [0.1, 0.15) is 150 Å². The number of oxazole rings is 1. The first-order valence-corrected chi connectivity index (χ1v) is 24.1. The zero-order valence-electron chi connectivity index (χ0n) is 38.0. The summed E-state index contributed by atoms with van der Waals surface area (Å²) in [6.07, 6.45) is 13.7. The molecule has 342 valence electrons. The van der Waals surface area contributed by atoms with Gasteiger partial charge in [0.25, 0.3) is 5.91 Å². The fourth-order valence-corrected chi connectivity index (χ4v) is 9.34. The Hall–Kier alpha value is -5.52. The number of amides is 5. The number of nitrogens with zero attached hydrogens (tertiary/aromatic N) is 2. The third kappa shape index (κ3) is 12.2. The highest BCUT2D eigenvalue weighted by molar-refractivity contribution is 5.99. The summed E-state index contributed by atoms with van der Waals surface area (Å²) in [5, 5.41) is 12.5. The van der Waals surface area contributed by atoms with E-state index in [0.29, 0.717) is 29.6 Å². The maximum absolute atomic E-state index is 14.3. The molecule has 4 aromatic rings. The summed E-state index contributed by atoms with van der Waals surface area (Å²) in [6.45, 7) is 6.76. The average molecular weight is 873 g/mol. The summed E-state index contributed by atoms with van der Waals surface area (Å²) in [4.78, 5) is 75.6. The van der Waals surface area contributed by atoms with E-state index >= 15 is 0 Å². The molecule has 3 aliphatic rings. The SMILES string of the molecule is CCCCCCCCCC(=O)N[C@](C)(Cc1nc2cc(C(=O)N3C[C@@H](C(=O)N[C@H]4C[C@@H]4c4ccccc4)[C@H](C(=O)N[C@H]4C[C@@H]4c4ccccc4)C3)ccc2o1)C(=O)NCCCCCC. The number of aromatic nitrogens is 1. The molecule has 12 heteroatoms. The van der Waals surface area contributed by atoms with E-state index in [1.165, 1.54) is 36.8 Å². The molecule has 1 aromatic heterocycles. The highest BCUT2D eigenvalue weighted by Gasteiger charge is 2.49. The van der Waals surface area contributed by atoms with Gasteiger partial charge >= 0.3 is 0 Å². The number of rotatable bonds is 24. The van der Waals surface area contributed by atoms with Gasteiger partial charge in [-0.25, -0.2) is 4.98 Å². The van der Waals surface area contributed by atoms with Gasteiger partial charge in [-0.15, -0.1) is 0 Å². The maximum atomic E-state index is 14.3. The zero-order chi connectivity index (χ0) is 45.1. The molecule has 1 saturated heterocycles. The molecule has 5 amide bonds. The fraction of sp³-hybridized carbons (Fsp3) is 0.538. The highest BCUT2D eigenvalue weighted by Crippen LogP contribution is 2.43. The number of unbranched alkanes of at least 4 members (excludes halogenated alkanes) is 9. The molecule has 2 heterocycles. The van der Waals surface area contributed by atoms with Crippen molar-refractivity contribution in [3.8, 4) is 0 Å². The van der Waals surface area contributed by atoms with Crippen molar-refractivity contribution in [2.75, 3.05) is 19.6 Å². The van der Waals surface area contributed by atoms with Crippen molar-refractivity contribution >= 4 is 40.6 Å². The van der Waals surface area contributed by atoms with Crippen LogP contribution in [-0.4, -0.2) is 76.7 Å². The van der Waals surface area contributed by atoms with Gasteiger partial charge in [0.15, 0.2) is 11.5 Å². The van der Waals surface area contributed by atoms with Gasteiger partial charge in [0.1, 0.15) is 11.1 Å². The van der Waals surface area contributed by atoms with Crippen LogP contribution in [0.3, 0.4) is 0 Å². The molecule has 64 heavy (non-hydrogen) atoms. The van der Waals surface area contributed by atoms with Gasteiger partial charge in [-0.3, -0.25) is 24.0 Å². The van der Waals surface area contributed by atoms with Crippen LogP contribution < -0.4 is 21.3 Å². The topological polar surface area (TPSA) is 163 Å². The van der Waals surface area contributed by atoms with E-state index in [0.717, 1.165) is 57.8 Å². The van der Waals surface area contributed by atoms with Crippen molar-refractivity contribution in [2.24, 2.45) is 11.8 Å². The molecule has 12 nitrogen and oxygen atoms in total. The van der Waals surface area contributed by atoms with Gasteiger partial charge in [0, 0.05) is 55.5 Å². The van der Waals surface area contributed by atoms with E-state index in [-0.39, 0.29) is 78.9 Å². The van der Waals surface area contributed by atoms with Crippen molar-refractivity contribution in [3.63, 3.8) is 0 Å². The molecule has 2 aliphatic carbocycles. The van der Waals surface area contributed by atoms with Gasteiger partial charge < -0.3 is 30.6 Å². The summed E-state index contributed by atoms with van der Waals surface area (Å²) in [7, 11) is 0. The number of hydrogen-bond donors (Lipinski definition) is 4. The Morgan fingerprint density at radius 3 is 1.83 bits per heavy atom.